The Morgan fingerprint density at radius 1 is 1.11 bits per heavy atom. The third-order valence-corrected chi connectivity index (χ3v) is 5.70. The van der Waals surface area contributed by atoms with Crippen molar-refractivity contribution >= 4 is 43.2 Å². The second-order valence-electron chi connectivity index (χ2n) is 5.60. The van der Waals surface area contributed by atoms with E-state index in [1.807, 2.05) is 6.92 Å². The van der Waals surface area contributed by atoms with Gasteiger partial charge in [0.15, 0.2) is 0 Å². The zero-order valence-corrected chi connectivity index (χ0v) is 17.6. The average molecular weight is 457 g/mol. The lowest BCUT2D eigenvalue weighted by molar-refractivity contribution is -0.125. The summed E-state index contributed by atoms with van der Waals surface area (Å²) in [5.41, 5.74) is 0.729. The van der Waals surface area contributed by atoms with Crippen LogP contribution in [-0.4, -0.2) is 34.6 Å². The largest absolute Gasteiger partial charge is 0.495 e. The minimum absolute atomic E-state index is 0.0869. The SMILES string of the molecule is CCC(OC)C(=O)Nc1ccc(OC)c(S(=O)(=O)Nc2ccc(Br)cc2)c1. The fourth-order valence-electron chi connectivity index (χ4n) is 2.37. The van der Waals surface area contributed by atoms with Gasteiger partial charge in [0.1, 0.15) is 16.7 Å². The molecular formula is C18H21BrN2O5S. The summed E-state index contributed by atoms with van der Waals surface area (Å²) in [7, 11) is -1.11. The van der Waals surface area contributed by atoms with Gasteiger partial charge in [0.25, 0.3) is 15.9 Å². The molecule has 0 saturated carbocycles. The Kier molecular flexibility index (Phi) is 7.23. The van der Waals surface area contributed by atoms with Crippen LogP contribution in [0.2, 0.25) is 0 Å². The molecule has 0 aliphatic rings. The molecule has 0 radical (unpaired) electrons. The molecule has 0 aliphatic heterocycles. The molecule has 1 unspecified atom stereocenters. The van der Waals surface area contributed by atoms with Gasteiger partial charge in [-0.1, -0.05) is 22.9 Å². The molecule has 0 spiro atoms. The molecule has 7 nitrogen and oxygen atoms in total. The van der Waals surface area contributed by atoms with Gasteiger partial charge in [-0.25, -0.2) is 8.42 Å². The van der Waals surface area contributed by atoms with E-state index in [0.717, 1.165) is 4.47 Å². The Morgan fingerprint density at radius 3 is 2.30 bits per heavy atom. The van der Waals surface area contributed by atoms with Crippen LogP contribution in [0, 0.1) is 0 Å². The van der Waals surface area contributed by atoms with Crippen molar-refractivity contribution in [3.63, 3.8) is 0 Å². The van der Waals surface area contributed by atoms with Gasteiger partial charge in [-0.3, -0.25) is 9.52 Å². The quantitative estimate of drug-likeness (QED) is 0.632. The van der Waals surface area contributed by atoms with Crippen molar-refractivity contribution in [3.8, 4) is 5.75 Å². The number of carbonyl (C=O) groups excluding carboxylic acids is 1. The number of nitrogens with one attached hydrogen (secondary N) is 2. The predicted octanol–water partition coefficient (Wildman–Crippen LogP) is 3.62. The topological polar surface area (TPSA) is 93.7 Å². The number of benzene rings is 2. The molecule has 0 fully saturated rings. The highest BCUT2D eigenvalue weighted by Crippen LogP contribution is 2.29. The van der Waals surface area contributed by atoms with E-state index in [0.29, 0.717) is 17.8 Å². The van der Waals surface area contributed by atoms with Crippen LogP contribution in [0.1, 0.15) is 13.3 Å². The van der Waals surface area contributed by atoms with Crippen LogP contribution in [0.15, 0.2) is 51.8 Å². The van der Waals surface area contributed by atoms with Gasteiger partial charge in [0.2, 0.25) is 0 Å². The lowest BCUT2D eigenvalue weighted by Gasteiger charge is -2.16. The van der Waals surface area contributed by atoms with Crippen LogP contribution in [0.25, 0.3) is 0 Å². The number of rotatable bonds is 8. The average Bonchev–Trinajstić information content (AvgIpc) is 2.64. The fourth-order valence-corrected chi connectivity index (χ4v) is 3.89. The van der Waals surface area contributed by atoms with Gasteiger partial charge in [-0.15, -0.1) is 0 Å². The van der Waals surface area contributed by atoms with Crippen molar-refractivity contribution in [3.05, 3.63) is 46.9 Å². The molecule has 9 heteroatoms. The highest BCUT2D eigenvalue weighted by atomic mass is 79.9. The molecule has 1 amide bonds. The van der Waals surface area contributed by atoms with E-state index < -0.39 is 16.1 Å². The van der Waals surface area contributed by atoms with E-state index in [1.165, 1.54) is 26.4 Å². The molecule has 27 heavy (non-hydrogen) atoms. The second-order valence-corrected chi connectivity index (χ2v) is 8.17. The Hall–Kier alpha value is -2.10. The van der Waals surface area contributed by atoms with Gasteiger partial charge in [0, 0.05) is 23.0 Å². The monoisotopic (exact) mass is 456 g/mol. The van der Waals surface area contributed by atoms with E-state index >= 15 is 0 Å². The number of halogens is 1. The van der Waals surface area contributed by atoms with Gasteiger partial charge >= 0.3 is 0 Å². The number of anilines is 2. The number of amides is 1. The highest BCUT2D eigenvalue weighted by molar-refractivity contribution is 9.10. The van der Waals surface area contributed by atoms with Gasteiger partial charge in [0.05, 0.1) is 7.11 Å². The Morgan fingerprint density at radius 2 is 1.74 bits per heavy atom. The minimum atomic E-state index is -3.93. The molecule has 2 aromatic rings. The summed E-state index contributed by atoms with van der Waals surface area (Å²) in [6, 6.07) is 11.1. The highest BCUT2D eigenvalue weighted by Gasteiger charge is 2.22. The molecule has 2 N–H and O–H groups in total. The van der Waals surface area contributed by atoms with Crippen LogP contribution in [0.4, 0.5) is 11.4 Å². The summed E-state index contributed by atoms with van der Waals surface area (Å²) < 4.78 is 39.2. The zero-order chi connectivity index (χ0) is 20.0. The molecule has 2 rings (SSSR count). The van der Waals surface area contributed by atoms with Gasteiger partial charge in [-0.05, 0) is 48.9 Å². The Labute approximate surface area is 167 Å². The van der Waals surface area contributed by atoms with Crippen molar-refractivity contribution in [1.29, 1.82) is 0 Å². The summed E-state index contributed by atoms with van der Waals surface area (Å²) in [5, 5.41) is 2.66. The molecule has 146 valence electrons. The minimum Gasteiger partial charge on any atom is -0.495 e. The normalized spacial score (nSPS) is 12.3. The van der Waals surface area contributed by atoms with Crippen LogP contribution in [0.3, 0.4) is 0 Å². The predicted molar refractivity (Wildman–Crippen MR) is 108 cm³/mol. The first kappa shape index (κ1) is 21.2. The summed E-state index contributed by atoms with van der Waals surface area (Å²) >= 11 is 3.30. The molecule has 0 bridgehead atoms. The summed E-state index contributed by atoms with van der Waals surface area (Å²) in [6.45, 7) is 1.82. The zero-order valence-electron chi connectivity index (χ0n) is 15.2. The molecule has 0 aliphatic carbocycles. The van der Waals surface area contributed by atoms with Crippen LogP contribution >= 0.6 is 15.9 Å². The van der Waals surface area contributed by atoms with Crippen LogP contribution in [0.5, 0.6) is 5.75 Å². The molecule has 1 atom stereocenters. The van der Waals surface area contributed by atoms with Crippen molar-refractivity contribution in [2.75, 3.05) is 24.3 Å². The van der Waals surface area contributed by atoms with E-state index in [-0.39, 0.29) is 16.6 Å². The van der Waals surface area contributed by atoms with Crippen LogP contribution in [-0.2, 0) is 19.6 Å². The lowest BCUT2D eigenvalue weighted by Crippen LogP contribution is -2.28. The molecule has 0 saturated heterocycles. The number of hydrogen-bond acceptors (Lipinski definition) is 5. The van der Waals surface area contributed by atoms with Gasteiger partial charge < -0.3 is 14.8 Å². The van der Waals surface area contributed by atoms with E-state index in [9.17, 15) is 13.2 Å². The summed E-state index contributed by atoms with van der Waals surface area (Å²) in [6.07, 6.45) is -0.123. The molecule has 2 aromatic carbocycles. The molecule has 0 heterocycles. The third-order valence-electron chi connectivity index (χ3n) is 3.76. The number of ether oxygens (including phenoxy) is 2. The molecule has 0 aromatic heterocycles. The summed E-state index contributed by atoms with van der Waals surface area (Å²) in [4.78, 5) is 12.1. The van der Waals surface area contributed by atoms with Crippen molar-refractivity contribution in [2.24, 2.45) is 0 Å². The number of methoxy groups -OCH3 is 2. The summed E-state index contributed by atoms with van der Waals surface area (Å²) in [5.74, 6) is -0.189. The maximum atomic E-state index is 12.8. The molecular weight excluding hydrogens is 436 g/mol. The smallest absolute Gasteiger partial charge is 0.265 e. The van der Waals surface area contributed by atoms with E-state index in [4.69, 9.17) is 9.47 Å². The standard InChI is InChI=1S/C18H21BrN2O5S/c1-4-15(25-2)18(22)20-14-9-10-16(26-3)17(11-14)27(23,24)21-13-7-5-12(19)6-8-13/h5-11,15,21H,4H2,1-3H3,(H,20,22). The number of sulfonamides is 1. The first-order valence-electron chi connectivity index (χ1n) is 8.10. The van der Waals surface area contributed by atoms with Crippen molar-refractivity contribution < 1.29 is 22.7 Å². The number of carbonyl (C=O) groups is 1. The maximum absolute atomic E-state index is 12.8. The lowest BCUT2D eigenvalue weighted by atomic mass is 10.2. The first-order valence-corrected chi connectivity index (χ1v) is 10.4. The third kappa shape index (κ3) is 5.44. The Balaban J connectivity index is 2.33. The second kappa shape index (κ2) is 9.20. The Bertz CT molecular complexity index is 896. The van der Waals surface area contributed by atoms with Gasteiger partial charge in [-0.2, -0.15) is 0 Å². The maximum Gasteiger partial charge on any atom is 0.265 e. The van der Waals surface area contributed by atoms with E-state index in [2.05, 4.69) is 26.0 Å². The fraction of sp³-hybridized carbons (Fsp3) is 0.278. The van der Waals surface area contributed by atoms with Crippen LogP contribution < -0.4 is 14.8 Å². The van der Waals surface area contributed by atoms with E-state index in [1.54, 1.807) is 30.3 Å². The first-order chi connectivity index (χ1) is 12.8. The number of hydrogen-bond donors (Lipinski definition) is 2. The van der Waals surface area contributed by atoms with Crippen molar-refractivity contribution in [1.82, 2.24) is 0 Å². The van der Waals surface area contributed by atoms with Crippen molar-refractivity contribution in [2.45, 2.75) is 24.3 Å².